The molecule has 0 unspecified atom stereocenters. The number of nitrogens with zero attached hydrogens (tertiary/aromatic N) is 1. The minimum atomic E-state index is -0.509. The van der Waals surface area contributed by atoms with Crippen LogP contribution in [0.25, 0.3) is 10.8 Å². The van der Waals surface area contributed by atoms with Gasteiger partial charge in [0.25, 0.3) is 0 Å². The fraction of sp³-hybridized carbons (Fsp3) is 0.308. The molecule has 0 atom stereocenters. The summed E-state index contributed by atoms with van der Waals surface area (Å²) in [6, 6.07) is 1.45. The smallest absolute Gasteiger partial charge is 0.201 e. The molecule has 0 aliphatic heterocycles. The lowest BCUT2D eigenvalue weighted by molar-refractivity contribution is 0.371. The van der Waals surface area contributed by atoms with Crippen molar-refractivity contribution < 1.29 is 15.3 Å². The highest BCUT2D eigenvalue weighted by Gasteiger charge is 2.20. The Morgan fingerprint density at radius 3 is 2.18 bits per heavy atom. The minimum absolute atomic E-state index is 0.164. The quantitative estimate of drug-likeness (QED) is 0.611. The van der Waals surface area contributed by atoms with Gasteiger partial charge in [0.2, 0.25) is 5.75 Å². The van der Waals surface area contributed by atoms with E-state index in [0.29, 0.717) is 10.8 Å². The van der Waals surface area contributed by atoms with Gasteiger partial charge in [-0.1, -0.05) is 20.8 Å². The van der Waals surface area contributed by atoms with E-state index < -0.39 is 5.75 Å². The fourth-order valence-electron chi connectivity index (χ4n) is 1.87. The number of aromatic nitrogens is 1. The first-order valence-electron chi connectivity index (χ1n) is 5.34. The van der Waals surface area contributed by atoms with Crippen molar-refractivity contribution in [1.82, 2.24) is 4.98 Å². The highest BCUT2D eigenvalue weighted by Crippen LogP contribution is 2.43. The number of phenols is 3. The van der Waals surface area contributed by atoms with Crippen LogP contribution in [0.4, 0.5) is 0 Å². The van der Waals surface area contributed by atoms with E-state index in [1.54, 1.807) is 6.20 Å². The maximum atomic E-state index is 9.78. The number of pyridine rings is 1. The molecule has 1 heterocycles. The average molecular weight is 233 g/mol. The number of rotatable bonds is 0. The van der Waals surface area contributed by atoms with Crippen molar-refractivity contribution in [3.05, 3.63) is 24.0 Å². The lowest BCUT2D eigenvalue weighted by Gasteiger charge is -2.21. The first kappa shape index (κ1) is 11.5. The summed E-state index contributed by atoms with van der Waals surface area (Å²) in [5, 5.41) is 29.9. The van der Waals surface area contributed by atoms with Gasteiger partial charge in [-0.2, -0.15) is 0 Å². The Morgan fingerprint density at radius 1 is 0.941 bits per heavy atom. The first-order chi connectivity index (χ1) is 7.82. The molecule has 0 saturated heterocycles. The van der Waals surface area contributed by atoms with Gasteiger partial charge in [-0.3, -0.25) is 4.98 Å². The number of phenolic OH excluding ortho intramolecular Hbond substituents is 3. The van der Waals surface area contributed by atoms with Crippen molar-refractivity contribution >= 4 is 10.8 Å². The van der Waals surface area contributed by atoms with Crippen LogP contribution in [0, 0.1) is 0 Å². The van der Waals surface area contributed by atoms with Gasteiger partial charge in [0.15, 0.2) is 11.5 Å². The monoisotopic (exact) mass is 233 g/mol. The molecule has 90 valence electrons. The number of aromatic hydroxyl groups is 3. The van der Waals surface area contributed by atoms with Crippen molar-refractivity contribution in [2.24, 2.45) is 0 Å². The zero-order chi connectivity index (χ0) is 12.8. The second-order valence-corrected chi connectivity index (χ2v) is 5.13. The summed E-state index contributed by atoms with van der Waals surface area (Å²) in [7, 11) is 0. The predicted molar refractivity (Wildman–Crippen MR) is 65.4 cm³/mol. The Kier molecular flexibility index (Phi) is 2.38. The highest BCUT2D eigenvalue weighted by atomic mass is 16.3. The summed E-state index contributed by atoms with van der Waals surface area (Å²) in [5.74, 6) is -1.17. The summed E-state index contributed by atoms with van der Waals surface area (Å²) in [6.07, 6.45) is 3.18. The van der Waals surface area contributed by atoms with Crippen LogP contribution in [-0.4, -0.2) is 20.3 Å². The number of hydrogen-bond donors (Lipinski definition) is 3. The van der Waals surface area contributed by atoms with Gasteiger partial charge in [0, 0.05) is 17.8 Å². The van der Waals surface area contributed by atoms with E-state index in [1.807, 2.05) is 20.8 Å². The second-order valence-electron chi connectivity index (χ2n) is 5.13. The summed E-state index contributed by atoms with van der Waals surface area (Å²) < 4.78 is 0. The molecule has 17 heavy (non-hydrogen) atoms. The van der Waals surface area contributed by atoms with Crippen LogP contribution in [0.1, 0.15) is 26.3 Å². The third-order valence-electron chi connectivity index (χ3n) is 2.80. The number of hydrogen-bond acceptors (Lipinski definition) is 4. The van der Waals surface area contributed by atoms with E-state index in [-0.39, 0.29) is 16.9 Å². The maximum absolute atomic E-state index is 9.78. The molecule has 0 spiro atoms. The Bertz CT molecular complexity index is 585. The van der Waals surface area contributed by atoms with Crippen LogP contribution in [0.5, 0.6) is 17.2 Å². The van der Waals surface area contributed by atoms with E-state index in [2.05, 4.69) is 4.98 Å². The van der Waals surface area contributed by atoms with E-state index >= 15 is 0 Å². The Hall–Kier alpha value is -1.97. The lowest BCUT2D eigenvalue weighted by atomic mass is 9.85. The zero-order valence-corrected chi connectivity index (χ0v) is 10.0. The molecule has 4 heteroatoms. The molecule has 0 saturated carbocycles. The van der Waals surface area contributed by atoms with E-state index in [9.17, 15) is 15.3 Å². The Labute approximate surface area is 99.2 Å². The topological polar surface area (TPSA) is 73.6 Å². The van der Waals surface area contributed by atoms with Gasteiger partial charge in [-0.05, 0) is 22.4 Å². The average Bonchev–Trinajstić information content (AvgIpc) is 2.24. The van der Waals surface area contributed by atoms with Gasteiger partial charge in [0.05, 0.1) is 0 Å². The molecule has 4 nitrogen and oxygen atoms in total. The van der Waals surface area contributed by atoms with Crippen LogP contribution >= 0.6 is 0 Å². The number of benzene rings is 1. The molecular formula is C13H15NO3. The highest BCUT2D eigenvalue weighted by molar-refractivity contribution is 5.94. The first-order valence-corrected chi connectivity index (χ1v) is 5.34. The molecule has 3 N–H and O–H groups in total. The van der Waals surface area contributed by atoms with Crippen molar-refractivity contribution in [2.75, 3.05) is 0 Å². The normalized spacial score (nSPS) is 11.9. The second kappa shape index (κ2) is 3.52. The van der Waals surface area contributed by atoms with E-state index in [0.717, 1.165) is 5.56 Å². The van der Waals surface area contributed by atoms with Crippen molar-refractivity contribution in [1.29, 1.82) is 0 Å². The third kappa shape index (κ3) is 1.75. The van der Waals surface area contributed by atoms with Gasteiger partial charge >= 0.3 is 0 Å². The van der Waals surface area contributed by atoms with E-state index in [1.165, 1.54) is 12.3 Å². The van der Waals surface area contributed by atoms with Crippen molar-refractivity contribution in [3.63, 3.8) is 0 Å². The van der Waals surface area contributed by atoms with Crippen LogP contribution in [-0.2, 0) is 5.41 Å². The SMILES string of the molecule is CC(C)(C)c1cncc2c(O)c(O)c(O)cc12. The zero-order valence-electron chi connectivity index (χ0n) is 10.0. The predicted octanol–water partition coefficient (Wildman–Crippen LogP) is 2.65. The van der Waals surface area contributed by atoms with Crippen LogP contribution in [0.2, 0.25) is 0 Å². The summed E-state index contributed by atoms with van der Waals surface area (Å²) >= 11 is 0. The molecule has 1 aromatic carbocycles. The third-order valence-corrected chi connectivity index (χ3v) is 2.80. The van der Waals surface area contributed by atoms with Crippen LogP contribution in [0.3, 0.4) is 0 Å². The van der Waals surface area contributed by atoms with Gasteiger partial charge < -0.3 is 15.3 Å². The molecule has 0 bridgehead atoms. The number of fused-ring (bicyclic) bond motifs is 1. The molecule has 2 rings (SSSR count). The molecule has 0 radical (unpaired) electrons. The summed E-state index contributed by atoms with van der Waals surface area (Å²) in [6.45, 7) is 6.05. The minimum Gasteiger partial charge on any atom is -0.504 e. The maximum Gasteiger partial charge on any atom is 0.201 e. The van der Waals surface area contributed by atoms with Crippen molar-refractivity contribution in [2.45, 2.75) is 26.2 Å². The molecule has 0 aliphatic carbocycles. The van der Waals surface area contributed by atoms with Gasteiger partial charge in [-0.25, -0.2) is 0 Å². The van der Waals surface area contributed by atoms with Crippen molar-refractivity contribution in [3.8, 4) is 17.2 Å². The molecule has 0 amide bonds. The summed E-state index contributed by atoms with van der Waals surface area (Å²) in [5.41, 5.74) is 0.739. The standard InChI is InChI=1S/C13H15NO3/c1-13(2,3)9-6-14-5-8-7(9)4-10(15)12(17)11(8)16/h4-6,15-17H,1-3H3. The molecule has 0 fully saturated rings. The molecule has 2 aromatic rings. The van der Waals surface area contributed by atoms with Crippen LogP contribution < -0.4 is 0 Å². The molecular weight excluding hydrogens is 218 g/mol. The Morgan fingerprint density at radius 2 is 1.59 bits per heavy atom. The van der Waals surface area contributed by atoms with Gasteiger partial charge in [-0.15, -0.1) is 0 Å². The molecule has 1 aromatic heterocycles. The largest absolute Gasteiger partial charge is 0.504 e. The fourth-order valence-corrected chi connectivity index (χ4v) is 1.87. The van der Waals surface area contributed by atoms with E-state index in [4.69, 9.17) is 0 Å². The van der Waals surface area contributed by atoms with Crippen LogP contribution in [0.15, 0.2) is 18.5 Å². The molecule has 0 aliphatic rings. The Balaban J connectivity index is 2.92. The summed E-state index contributed by atoms with van der Waals surface area (Å²) in [4.78, 5) is 4.06. The lowest BCUT2D eigenvalue weighted by Crippen LogP contribution is -2.12. The van der Waals surface area contributed by atoms with Gasteiger partial charge in [0.1, 0.15) is 0 Å².